The minimum atomic E-state index is -0.237. The van der Waals surface area contributed by atoms with Crippen molar-refractivity contribution in [1.82, 2.24) is 4.90 Å². The van der Waals surface area contributed by atoms with Gasteiger partial charge in [0.2, 0.25) is 5.91 Å². The van der Waals surface area contributed by atoms with Crippen LogP contribution in [0.3, 0.4) is 0 Å². The molecule has 1 atom stereocenters. The number of nitrogens with one attached hydrogen (secondary N) is 1. The Hall–Kier alpha value is -1.40. The maximum absolute atomic E-state index is 12.5. The Balaban J connectivity index is 2.67. The highest BCUT2D eigenvalue weighted by Crippen LogP contribution is 2.21. The molecule has 0 radical (unpaired) electrons. The lowest BCUT2D eigenvalue weighted by atomic mass is 10.1. The van der Waals surface area contributed by atoms with Gasteiger partial charge in [-0.1, -0.05) is 30.9 Å². The Morgan fingerprint density at radius 3 is 2.25 bits per heavy atom. The third-order valence-electron chi connectivity index (χ3n) is 3.60. The number of ketones is 1. The second-order valence-corrected chi connectivity index (χ2v) is 7.41. The zero-order valence-electron chi connectivity index (χ0n) is 14.8. The van der Waals surface area contributed by atoms with Gasteiger partial charge in [0, 0.05) is 30.8 Å². The van der Waals surface area contributed by atoms with Crippen LogP contribution in [0.4, 0.5) is 5.69 Å². The number of anilines is 1. The van der Waals surface area contributed by atoms with Crippen LogP contribution in [0, 0.1) is 0 Å². The number of carbonyl (C=O) groups is 2. The largest absolute Gasteiger partial charge is 0.358 e. The van der Waals surface area contributed by atoms with Crippen LogP contribution in [0.15, 0.2) is 24.3 Å². The molecule has 1 aromatic rings. The summed E-state index contributed by atoms with van der Waals surface area (Å²) >= 11 is 6.82. The Morgan fingerprint density at radius 2 is 1.75 bits per heavy atom. The zero-order valence-corrected chi connectivity index (χ0v) is 16.4. The van der Waals surface area contributed by atoms with E-state index in [9.17, 15) is 9.59 Å². The smallest absolute Gasteiger partial charge is 0.224 e. The number of rotatable bonds is 8. The van der Waals surface area contributed by atoms with Gasteiger partial charge in [0.05, 0.1) is 5.25 Å². The van der Waals surface area contributed by atoms with E-state index < -0.39 is 0 Å². The monoisotopic (exact) mass is 366 g/mol. The zero-order chi connectivity index (χ0) is 18.1. The normalized spacial score (nSPS) is 11.7. The van der Waals surface area contributed by atoms with Crippen LogP contribution in [0.1, 0.15) is 50.9 Å². The van der Waals surface area contributed by atoms with E-state index in [1.807, 2.05) is 13.8 Å². The van der Waals surface area contributed by atoms with Crippen molar-refractivity contribution in [3.8, 4) is 0 Å². The summed E-state index contributed by atoms with van der Waals surface area (Å²) in [4.78, 5) is 26.2. The van der Waals surface area contributed by atoms with Crippen LogP contribution < -0.4 is 5.32 Å². The SMILES string of the molecule is CCCC(=O)Nc1ccc(C(=O)C(C)SC(=S)N(CC)CC)cc1. The summed E-state index contributed by atoms with van der Waals surface area (Å²) < 4.78 is 0.754. The predicted molar refractivity (Wildman–Crippen MR) is 107 cm³/mol. The molecule has 24 heavy (non-hydrogen) atoms. The molecule has 0 heterocycles. The molecule has 132 valence electrons. The van der Waals surface area contributed by atoms with Crippen LogP contribution in [-0.4, -0.2) is 39.3 Å². The number of benzene rings is 1. The topological polar surface area (TPSA) is 49.4 Å². The van der Waals surface area contributed by atoms with Crippen molar-refractivity contribution in [1.29, 1.82) is 0 Å². The van der Waals surface area contributed by atoms with Crippen molar-refractivity contribution >= 4 is 45.7 Å². The molecule has 1 unspecified atom stereocenters. The Labute approximate surface area is 154 Å². The summed E-state index contributed by atoms with van der Waals surface area (Å²) in [5.41, 5.74) is 1.34. The highest BCUT2D eigenvalue weighted by molar-refractivity contribution is 8.23. The van der Waals surface area contributed by atoms with Gasteiger partial charge in [-0.05, 0) is 51.5 Å². The van der Waals surface area contributed by atoms with E-state index in [2.05, 4.69) is 24.1 Å². The quantitative estimate of drug-likeness (QED) is 0.547. The van der Waals surface area contributed by atoms with Gasteiger partial charge in [0.1, 0.15) is 4.32 Å². The fourth-order valence-corrected chi connectivity index (χ4v) is 3.81. The average Bonchev–Trinajstić information content (AvgIpc) is 2.56. The molecule has 1 amide bonds. The van der Waals surface area contributed by atoms with Gasteiger partial charge in [-0.15, -0.1) is 0 Å². The van der Waals surface area contributed by atoms with Crippen LogP contribution in [0.2, 0.25) is 0 Å². The second kappa shape index (κ2) is 10.5. The van der Waals surface area contributed by atoms with E-state index >= 15 is 0 Å². The van der Waals surface area contributed by atoms with E-state index in [1.54, 1.807) is 24.3 Å². The summed E-state index contributed by atoms with van der Waals surface area (Å²) in [6.07, 6.45) is 1.31. The molecule has 0 spiro atoms. The molecular formula is C18H26N2O2S2. The van der Waals surface area contributed by atoms with Crippen LogP contribution >= 0.6 is 24.0 Å². The van der Waals surface area contributed by atoms with Gasteiger partial charge in [-0.2, -0.15) is 0 Å². The summed E-state index contributed by atoms with van der Waals surface area (Å²) in [6.45, 7) is 9.62. The lowest BCUT2D eigenvalue weighted by molar-refractivity contribution is -0.116. The molecule has 0 aliphatic heterocycles. The standard InChI is InChI=1S/C18H26N2O2S2/c1-5-8-16(21)19-15-11-9-14(10-12-15)17(22)13(4)24-18(23)20(6-2)7-3/h9-13H,5-8H2,1-4H3,(H,19,21). The molecule has 1 rings (SSSR count). The maximum atomic E-state index is 12.5. The first-order chi connectivity index (χ1) is 11.4. The van der Waals surface area contributed by atoms with Gasteiger partial charge >= 0.3 is 0 Å². The summed E-state index contributed by atoms with van der Waals surface area (Å²) in [5.74, 6) is 0.0333. The predicted octanol–water partition coefficient (Wildman–Crippen LogP) is 4.36. The van der Waals surface area contributed by atoms with Crippen LogP contribution in [0.5, 0.6) is 0 Å². The highest BCUT2D eigenvalue weighted by Gasteiger charge is 2.19. The first kappa shape index (κ1) is 20.6. The average molecular weight is 367 g/mol. The molecule has 0 aliphatic carbocycles. The summed E-state index contributed by atoms with van der Waals surface area (Å²) in [5, 5.41) is 2.58. The molecule has 0 aliphatic rings. The minimum Gasteiger partial charge on any atom is -0.358 e. The number of hydrogen-bond acceptors (Lipinski definition) is 4. The van der Waals surface area contributed by atoms with Gasteiger partial charge < -0.3 is 10.2 Å². The van der Waals surface area contributed by atoms with Crippen molar-refractivity contribution in [3.63, 3.8) is 0 Å². The molecule has 0 saturated carbocycles. The molecule has 4 nitrogen and oxygen atoms in total. The lowest BCUT2D eigenvalue weighted by Crippen LogP contribution is -2.29. The molecule has 1 N–H and O–H groups in total. The Morgan fingerprint density at radius 1 is 1.17 bits per heavy atom. The number of Topliss-reactive ketones (excluding diaryl/α,β-unsaturated/α-hetero) is 1. The molecule has 0 saturated heterocycles. The number of nitrogens with zero attached hydrogens (tertiary/aromatic N) is 1. The third-order valence-corrected chi connectivity index (χ3v) is 5.17. The lowest BCUT2D eigenvalue weighted by Gasteiger charge is -2.22. The van der Waals surface area contributed by atoms with Crippen molar-refractivity contribution < 1.29 is 9.59 Å². The van der Waals surface area contributed by atoms with Gasteiger partial charge in [-0.25, -0.2) is 0 Å². The Kier molecular flexibility index (Phi) is 9.00. The third kappa shape index (κ3) is 6.24. The number of thioether (sulfide) groups is 1. The minimum absolute atomic E-state index is 0.00919. The van der Waals surface area contributed by atoms with Crippen LogP contribution in [-0.2, 0) is 4.79 Å². The van der Waals surface area contributed by atoms with Gasteiger partial charge in [-0.3, -0.25) is 9.59 Å². The second-order valence-electron chi connectivity index (χ2n) is 5.44. The number of carbonyl (C=O) groups excluding carboxylic acids is 2. The fraction of sp³-hybridized carbons (Fsp3) is 0.500. The Bertz CT molecular complexity index is 569. The van der Waals surface area contributed by atoms with Crippen molar-refractivity contribution in [2.75, 3.05) is 18.4 Å². The fourth-order valence-electron chi connectivity index (χ4n) is 2.16. The van der Waals surface area contributed by atoms with Crippen LogP contribution in [0.25, 0.3) is 0 Å². The van der Waals surface area contributed by atoms with E-state index in [4.69, 9.17) is 12.2 Å². The molecule has 1 aromatic carbocycles. The molecular weight excluding hydrogens is 340 g/mol. The highest BCUT2D eigenvalue weighted by atomic mass is 32.2. The number of thiocarbonyl (C=S) groups is 1. The number of hydrogen-bond donors (Lipinski definition) is 1. The molecule has 0 aromatic heterocycles. The molecule has 6 heteroatoms. The van der Waals surface area contributed by atoms with Crippen molar-refractivity contribution in [3.05, 3.63) is 29.8 Å². The van der Waals surface area contributed by atoms with E-state index in [0.29, 0.717) is 17.7 Å². The summed E-state index contributed by atoms with van der Waals surface area (Å²) in [6, 6.07) is 7.03. The van der Waals surface area contributed by atoms with Gasteiger partial charge in [0.25, 0.3) is 0 Å². The maximum Gasteiger partial charge on any atom is 0.224 e. The van der Waals surface area contributed by atoms with E-state index in [0.717, 1.165) is 23.8 Å². The first-order valence-electron chi connectivity index (χ1n) is 8.32. The first-order valence-corrected chi connectivity index (χ1v) is 9.61. The van der Waals surface area contributed by atoms with Crippen molar-refractivity contribution in [2.24, 2.45) is 0 Å². The van der Waals surface area contributed by atoms with Crippen molar-refractivity contribution in [2.45, 2.75) is 45.8 Å². The van der Waals surface area contributed by atoms with E-state index in [1.165, 1.54) is 11.8 Å². The molecule has 0 fully saturated rings. The summed E-state index contributed by atoms with van der Waals surface area (Å²) in [7, 11) is 0. The molecule has 0 bridgehead atoms. The van der Waals surface area contributed by atoms with E-state index in [-0.39, 0.29) is 16.9 Å². The number of amides is 1. The van der Waals surface area contributed by atoms with Gasteiger partial charge in [0.15, 0.2) is 5.78 Å².